The minimum absolute atomic E-state index is 0.0303. The molecule has 0 radical (unpaired) electrons. The standard InChI is InChI=1S/C15H16BrF2N3/c1-3-19-14-12(17)8-13(18)15(21-14)20-9(2)10-4-6-11(16)7-5-10/h4-9H,3H2,1-2H3,(H2,19,20,21). The Hall–Kier alpha value is -1.69. The van der Waals surface area contributed by atoms with E-state index in [1.165, 1.54) is 0 Å². The Morgan fingerprint density at radius 3 is 2.38 bits per heavy atom. The number of nitrogens with zero attached hydrogens (tertiary/aromatic N) is 1. The van der Waals surface area contributed by atoms with Gasteiger partial charge in [0.15, 0.2) is 23.3 Å². The number of anilines is 2. The molecule has 1 aromatic heterocycles. The van der Waals surface area contributed by atoms with Gasteiger partial charge in [0.25, 0.3) is 0 Å². The highest BCUT2D eigenvalue weighted by Crippen LogP contribution is 2.24. The van der Waals surface area contributed by atoms with Gasteiger partial charge in [0.2, 0.25) is 0 Å². The molecule has 1 aromatic carbocycles. The molecule has 0 saturated heterocycles. The Kier molecular flexibility index (Phi) is 5.12. The second-order valence-corrected chi connectivity index (χ2v) is 5.51. The minimum Gasteiger partial charge on any atom is -0.368 e. The first kappa shape index (κ1) is 15.7. The average Bonchev–Trinajstić information content (AvgIpc) is 2.45. The molecule has 0 aliphatic heterocycles. The van der Waals surface area contributed by atoms with Crippen LogP contribution in [-0.4, -0.2) is 11.5 Å². The number of nitrogens with one attached hydrogen (secondary N) is 2. The van der Waals surface area contributed by atoms with E-state index in [1.54, 1.807) is 0 Å². The molecule has 1 heterocycles. The van der Waals surface area contributed by atoms with Crippen molar-refractivity contribution < 1.29 is 8.78 Å². The summed E-state index contributed by atoms with van der Waals surface area (Å²) in [4.78, 5) is 3.96. The first-order valence-corrected chi connectivity index (χ1v) is 7.42. The van der Waals surface area contributed by atoms with Crippen molar-refractivity contribution in [3.05, 3.63) is 52.0 Å². The first-order valence-electron chi connectivity index (χ1n) is 6.63. The molecule has 0 amide bonds. The maximum absolute atomic E-state index is 13.8. The molecule has 3 nitrogen and oxygen atoms in total. The molecule has 112 valence electrons. The van der Waals surface area contributed by atoms with E-state index in [1.807, 2.05) is 38.1 Å². The average molecular weight is 356 g/mol. The minimum atomic E-state index is -0.710. The number of pyridine rings is 1. The molecular formula is C15H16BrF2N3. The Bertz CT molecular complexity index is 617. The van der Waals surface area contributed by atoms with Gasteiger partial charge in [0.05, 0.1) is 6.04 Å². The third-order valence-electron chi connectivity index (χ3n) is 3.00. The molecule has 0 bridgehead atoms. The van der Waals surface area contributed by atoms with E-state index >= 15 is 0 Å². The summed E-state index contributed by atoms with van der Waals surface area (Å²) in [6.45, 7) is 4.22. The quantitative estimate of drug-likeness (QED) is 0.814. The van der Waals surface area contributed by atoms with Gasteiger partial charge in [0.1, 0.15) is 0 Å². The predicted molar refractivity (Wildman–Crippen MR) is 84.5 cm³/mol. The van der Waals surface area contributed by atoms with Crippen molar-refractivity contribution in [1.82, 2.24) is 4.98 Å². The predicted octanol–water partition coefficient (Wildman–Crippen LogP) is 4.73. The van der Waals surface area contributed by atoms with Crippen molar-refractivity contribution in [2.45, 2.75) is 19.9 Å². The van der Waals surface area contributed by atoms with Crippen LogP contribution >= 0.6 is 15.9 Å². The van der Waals surface area contributed by atoms with Gasteiger partial charge in [-0.3, -0.25) is 0 Å². The van der Waals surface area contributed by atoms with E-state index < -0.39 is 11.6 Å². The van der Waals surface area contributed by atoms with E-state index in [2.05, 4.69) is 31.5 Å². The van der Waals surface area contributed by atoms with Crippen LogP contribution in [0.15, 0.2) is 34.8 Å². The van der Waals surface area contributed by atoms with Crippen LogP contribution in [0.1, 0.15) is 25.5 Å². The van der Waals surface area contributed by atoms with Crippen LogP contribution in [0, 0.1) is 11.6 Å². The SMILES string of the molecule is CCNc1nc(NC(C)c2ccc(Br)cc2)c(F)cc1F. The van der Waals surface area contributed by atoms with Crippen LogP contribution in [0.3, 0.4) is 0 Å². The molecule has 2 aromatic rings. The van der Waals surface area contributed by atoms with Gasteiger partial charge in [0, 0.05) is 17.1 Å². The van der Waals surface area contributed by atoms with Crippen LogP contribution in [-0.2, 0) is 0 Å². The van der Waals surface area contributed by atoms with Gasteiger partial charge in [-0.2, -0.15) is 0 Å². The zero-order valence-corrected chi connectivity index (χ0v) is 13.3. The second kappa shape index (κ2) is 6.85. The lowest BCUT2D eigenvalue weighted by atomic mass is 10.1. The van der Waals surface area contributed by atoms with Crippen LogP contribution in [0.4, 0.5) is 20.4 Å². The van der Waals surface area contributed by atoms with Gasteiger partial charge < -0.3 is 10.6 Å². The van der Waals surface area contributed by atoms with E-state index in [-0.39, 0.29) is 17.7 Å². The highest BCUT2D eigenvalue weighted by atomic mass is 79.9. The Morgan fingerprint density at radius 2 is 1.76 bits per heavy atom. The highest BCUT2D eigenvalue weighted by molar-refractivity contribution is 9.10. The molecule has 2 N–H and O–H groups in total. The molecular weight excluding hydrogens is 340 g/mol. The van der Waals surface area contributed by atoms with Crippen molar-refractivity contribution in [2.24, 2.45) is 0 Å². The molecule has 1 unspecified atom stereocenters. The molecule has 2 rings (SSSR count). The number of hydrogen-bond donors (Lipinski definition) is 2. The Morgan fingerprint density at radius 1 is 1.14 bits per heavy atom. The maximum atomic E-state index is 13.8. The summed E-state index contributed by atoms with van der Waals surface area (Å²) < 4.78 is 28.3. The first-order chi connectivity index (χ1) is 10.0. The summed E-state index contributed by atoms with van der Waals surface area (Å²) in [5, 5.41) is 5.73. The van der Waals surface area contributed by atoms with Crippen molar-refractivity contribution in [3.63, 3.8) is 0 Å². The lowest BCUT2D eigenvalue weighted by molar-refractivity contribution is 0.576. The van der Waals surface area contributed by atoms with Gasteiger partial charge >= 0.3 is 0 Å². The summed E-state index contributed by atoms with van der Waals surface area (Å²) in [5.74, 6) is -1.33. The number of halogens is 3. The third kappa shape index (κ3) is 3.91. The smallest absolute Gasteiger partial charge is 0.168 e. The topological polar surface area (TPSA) is 37.0 Å². The number of hydrogen-bond acceptors (Lipinski definition) is 3. The van der Waals surface area contributed by atoms with Crippen molar-refractivity contribution in [2.75, 3.05) is 17.2 Å². The fourth-order valence-electron chi connectivity index (χ4n) is 1.90. The Balaban J connectivity index is 2.22. The molecule has 0 spiro atoms. The molecule has 21 heavy (non-hydrogen) atoms. The van der Waals surface area contributed by atoms with Gasteiger partial charge in [-0.05, 0) is 31.5 Å². The zero-order chi connectivity index (χ0) is 15.4. The zero-order valence-electron chi connectivity index (χ0n) is 11.8. The molecule has 0 fully saturated rings. The molecule has 0 aliphatic carbocycles. The summed E-state index contributed by atoms with van der Waals surface area (Å²) in [5.41, 5.74) is 0.980. The number of benzene rings is 1. The summed E-state index contributed by atoms with van der Waals surface area (Å²) in [6, 6.07) is 8.35. The molecule has 1 atom stereocenters. The van der Waals surface area contributed by atoms with Crippen LogP contribution in [0.5, 0.6) is 0 Å². The molecule has 6 heteroatoms. The second-order valence-electron chi connectivity index (χ2n) is 4.60. The van der Waals surface area contributed by atoms with E-state index in [0.717, 1.165) is 16.1 Å². The third-order valence-corrected chi connectivity index (χ3v) is 3.53. The van der Waals surface area contributed by atoms with Crippen LogP contribution < -0.4 is 10.6 Å². The van der Waals surface area contributed by atoms with Crippen molar-refractivity contribution in [3.8, 4) is 0 Å². The van der Waals surface area contributed by atoms with Crippen LogP contribution in [0.2, 0.25) is 0 Å². The van der Waals surface area contributed by atoms with E-state index in [0.29, 0.717) is 6.54 Å². The summed E-state index contributed by atoms with van der Waals surface area (Å²) in [7, 11) is 0. The largest absolute Gasteiger partial charge is 0.368 e. The van der Waals surface area contributed by atoms with Gasteiger partial charge in [-0.15, -0.1) is 0 Å². The Labute approximate surface area is 130 Å². The molecule has 0 aliphatic rings. The highest BCUT2D eigenvalue weighted by Gasteiger charge is 2.14. The fraction of sp³-hybridized carbons (Fsp3) is 0.267. The lowest BCUT2D eigenvalue weighted by Gasteiger charge is -2.16. The molecule has 0 saturated carbocycles. The van der Waals surface area contributed by atoms with Crippen molar-refractivity contribution >= 4 is 27.6 Å². The summed E-state index contributed by atoms with van der Waals surface area (Å²) in [6.07, 6.45) is 0. The maximum Gasteiger partial charge on any atom is 0.168 e. The summed E-state index contributed by atoms with van der Waals surface area (Å²) >= 11 is 3.37. The van der Waals surface area contributed by atoms with Gasteiger partial charge in [-0.1, -0.05) is 28.1 Å². The van der Waals surface area contributed by atoms with E-state index in [9.17, 15) is 8.78 Å². The number of aromatic nitrogens is 1. The van der Waals surface area contributed by atoms with Crippen LogP contribution in [0.25, 0.3) is 0 Å². The van der Waals surface area contributed by atoms with Crippen molar-refractivity contribution in [1.29, 1.82) is 0 Å². The fourth-order valence-corrected chi connectivity index (χ4v) is 2.16. The van der Waals surface area contributed by atoms with Gasteiger partial charge in [-0.25, -0.2) is 13.8 Å². The number of rotatable bonds is 5. The lowest BCUT2D eigenvalue weighted by Crippen LogP contribution is -2.12. The monoisotopic (exact) mass is 355 g/mol. The normalized spacial score (nSPS) is 12.0. The van der Waals surface area contributed by atoms with E-state index in [4.69, 9.17) is 0 Å².